The van der Waals surface area contributed by atoms with Gasteiger partial charge >= 0.3 is 0 Å². The van der Waals surface area contributed by atoms with Gasteiger partial charge in [-0.05, 0) is 36.8 Å². The van der Waals surface area contributed by atoms with Gasteiger partial charge in [0.2, 0.25) is 0 Å². The monoisotopic (exact) mass is 207 g/mol. The minimum atomic E-state index is 0.590. The molecule has 1 heterocycles. The Bertz CT molecular complexity index is 298. The number of hydrogen-bond donors (Lipinski definition) is 1. The van der Waals surface area contributed by atoms with Gasteiger partial charge in [-0.1, -0.05) is 25.1 Å². The van der Waals surface area contributed by atoms with Crippen LogP contribution in [0.3, 0.4) is 0 Å². The topological polar surface area (TPSA) is 12.0 Å². The molecule has 0 aromatic heterocycles. The van der Waals surface area contributed by atoms with Gasteiger partial charge in [-0.25, -0.2) is 0 Å². The van der Waals surface area contributed by atoms with Crippen molar-refractivity contribution in [3.8, 4) is 0 Å². The van der Waals surface area contributed by atoms with Crippen molar-refractivity contribution < 1.29 is 0 Å². The summed E-state index contributed by atoms with van der Waals surface area (Å²) in [5, 5.41) is 3.61. The van der Waals surface area contributed by atoms with Crippen molar-refractivity contribution in [2.45, 2.75) is 30.7 Å². The second kappa shape index (κ2) is 4.85. The first-order valence-corrected chi connectivity index (χ1v) is 6.35. The van der Waals surface area contributed by atoms with E-state index in [1.165, 1.54) is 29.1 Å². The number of rotatable bonds is 3. The molecule has 14 heavy (non-hydrogen) atoms. The second-order valence-corrected chi connectivity index (χ2v) is 4.82. The molecule has 0 radical (unpaired) electrons. The van der Waals surface area contributed by atoms with E-state index < -0.39 is 0 Å². The van der Waals surface area contributed by atoms with Crippen LogP contribution < -0.4 is 5.32 Å². The third-order valence-electron chi connectivity index (χ3n) is 2.60. The Hall–Kier alpha value is -0.470. The van der Waals surface area contributed by atoms with Crippen LogP contribution in [0.4, 0.5) is 0 Å². The van der Waals surface area contributed by atoms with Crippen molar-refractivity contribution in [1.29, 1.82) is 0 Å². The fourth-order valence-electron chi connectivity index (χ4n) is 1.87. The van der Waals surface area contributed by atoms with Crippen LogP contribution in [0.5, 0.6) is 0 Å². The zero-order valence-corrected chi connectivity index (χ0v) is 9.44. The summed E-state index contributed by atoms with van der Waals surface area (Å²) >= 11 is 1.99. The SMILES string of the molecule is CCCNC1CCSc2ccccc21. The first-order valence-electron chi connectivity index (χ1n) is 5.37. The molecule has 1 nitrogen and oxygen atoms in total. The van der Waals surface area contributed by atoms with E-state index in [4.69, 9.17) is 0 Å². The van der Waals surface area contributed by atoms with Gasteiger partial charge in [0.1, 0.15) is 0 Å². The predicted molar refractivity (Wildman–Crippen MR) is 62.8 cm³/mol. The molecule has 0 amide bonds. The van der Waals surface area contributed by atoms with Crippen LogP contribution in [-0.4, -0.2) is 12.3 Å². The maximum absolute atomic E-state index is 3.61. The van der Waals surface area contributed by atoms with Crippen molar-refractivity contribution in [1.82, 2.24) is 5.32 Å². The number of nitrogens with one attached hydrogen (secondary N) is 1. The number of hydrogen-bond acceptors (Lipinski definition) is 2. The van der Waals surface area contributed by atoms with Gasteiger partial charge in [-0.2, -0.15) is 0 Å². The number of fused-ring (bicyclic) bond motifs is 1. The van der Waals surface area contributed by atoms with Crippen molar-refractivity contribution in [3.63, 3.8) is 0 Å². The van der Waals surface area contributed by atoms with E-state index in [2.05, 4.69) is 36.5 Å². The summed E-state index contributed by atoms with van der Waals surface area (Å²) < 4.78 is 0. The Kier molecular flexibility index (Phi) is 3.49. The first kappa shape index (κ1) is 10.1. The lowest BCUT2D eigenvalue weighted by molar-refractivity contribution is 0.510. The van der Waals surface area contributed by atoms with E-state index in [9.17, 15) is 0 Å². The molecular weight excluding hydrogens is 190 g/mol. The predicted octanol–water partition coefficient (Wildman–Crippen LogP) is 3.22. The van der Waals surface area contributed by atoms with Crippen molar-refractivity contribution in [3.05, 3.63) is 29.8 Å². The molecule has 1 aromatic rings. The highest BCUT2D eigenvalue weighted by Crippen LogP contribution is 2.35. The molecule has 0 saturated carbocycles. The molecule has 1 aliphatic rings. The third-order valence-corrected chi connectivity index (χ3v) is 3.72. The summed E-state index contributed by atoms with van der Waals surface area (Å²) in [6, 6.07) is 9.36. The molecule has 0 fully saturated rings. The van der Waals surface area contributed by atoms with Crippen molar-refractivity contribution in [2.24, 2.45) is 0 Å². The Balaban J connectivity index is 2.14. The summed E-state index contributed by atoms with van der Waals surface area (Å²) in [5.41, 5.74) is 1.50. The summed E-state index contributed by atoms with van der Waals surface area (Å²) in [6.07, 6.45) is 2.48. The lowest BCUT2D eigenvalue weighted by Gasteiger charge is -2.25. The van der Waals surface area contributed by atoms with E-state index in [0.29, 0.717) is 6.04 Å². The van der Waals surface area contributed by atoms with E-state index in [1.54, 1.807) is 0 Å². The van der Waals surface area contributed by atoms with E-state index in [0.717, 1.165) is 6.54 Å². The van der Waals surface area contributed by atoms with Crippen LogP contribution in [-0.2, 0) is 0 Å². The fraction of sp³-hybridized carbons (Fsp3) is 0.500. The van der Waals surface area contributed by atoms with Crippen molar-refractivity contribution in [2.75, 3.05) is 12.3 Å². The number of thioether (sulfide) groups is 1. The van der Waals surface area contributed by atoms with Gasteiger partial charge < -0.3 is 5.32 Å². The second-order valence-electron chi connectivity index (χ2n) is 3.68. The molecule has 0 saturated heterocycles. The Morgan fingerprint density at radius 1 is 1.43 bits per heavy atom. The molecule has 1 aliphatic heterocycles. The third kappa shape index (κ3) is 2.12. The molecule has 1 atom stereocenters. The van der Waals surface area contributed by atoms with Gasteiger partial charge in [-0.3, -0.25) is 0 Å². The highest BCUT2D eigenvalue weighted by atomic mass is 32.2. The molecule has 0 bridgehead atoms. The maximum atomic E-state index is 3.61. The maximum Gasteiger partial charge on any atom is 0.0339 e. The average molecular weight is 207 g/mol. The van der Waals surface area contributed by atoms with Crippen LogP contribution in [0.1, 0.15) is 31.4 Å². The summed E-state index contributed by atoms with van der Waals surface area (Å²) in [5.74, 6) is 1.25. The molecule has 0 spiro atoms. The van der Waals surface area contributed by atoms with Crippen LogP contribution in [0.25, 0.3) is 0 Å². The molecule has 1 unspecified atom stereocenters. The molecular formula is C12H17NS. The molecule has 2 heteroatoms. The fourth-order valence-corrected chi connectivity index (χ4v) is 3.00. The van der Waals surface area contributed by atoms with Gasteiger partial charge in [0, 0.05) is 10.9 Å². The van der Waals surface area contributed by atoms with Gasteiger partial charge in [0.05, 0.1) is 0 Å². The van der Waals surface area contributed by atoms with E-state index in [-0.39, 0.29) is 0 Å². The molecule has 1 N–H and O–H groups in total. The normalized spacial score (nSPS) is 20.5. The first-order chi connectivity index (χ1) is 6.92. The molecule has 0 aliphatic carbocycles. The van der Waals surface area contributed by atoms with Gasteiger partial charge in [0.15, 0.2) is 0 Å². The number of benzene rings is 1. The summed E-state index contributed by atoms with van der Waals surface area (Å²) in [4.78, 5) is 1.47. The summed E-state index contributed by atoms with van der Waals surface area (Å²) in [6.45, 7) is 3.35. The minimum absolute atomic E-state index is 0.590. The summed E-state index contributed by atoms with van der Waals surface area (Å²) in [7, 11) is 0. The smallest absolute Gasteiger partial charge is 0.0339 e. The Morgan fingerprint density at radius 3 is 3.14 bits per heavy atom. The van der Waals surface area contributed by atoms with Crippen LogP contribution in [0, 0.1) is 0 Å². The molecule has 2 rings (SSSR count). The average Bonchev–Trinajstić information content (AvgIpc) is 2.26. The standard InChI is InChI=1S/C12H17NS/c1-2-8-13-11-7-9-14-12-6-4-3-5-10(11)12/h3-6,11,13H,2,7-9H2,1H3. The quantitative estimate of drug-likeness (QED) is 0.816. The highest BCUT2D eigenvalue weighted by molar-refractivity contribution is 7.99. The van der Waals surface area contributed by atoms with E-state index in [1.807, 2.05) is 11.8 Å². The van der Waals surface area contributed by atoms with Crippen LogP contribution >= 0.6 is 11.8 Å². The zero-order chi connectivity index (χ0) is 9.80. The zero-order valence-electron chi connectivity index (χ0n) is 8.62. The van der Waals surface area contributed by atoms with Gasteiger partial charge in [0.25, 0.3) is 0 Å². The van der Waals surface area contributed by atoms with E-state index >= 15 is 0 Å². The van der Waals surface area contributed by atoms with Crippen LogP contribution in [0.15, 0.2) is 29.2 Å². The van der Waals surface area contributed by atoms with Crippen molar-refractivity contribution >= 4 is 11.8 Å². The molecule has 1 aromatic carbocycles. The minimum Gasteiger partial charge on any atom is -0.310 e. The van der Waals surface area contributed by atoms with Crippen LogP contribution in [0.2, 0.25) is 0 Å². The molecule has 76 valence electrons. The largest absolute Gasteiger partial charge is 0.310 e. The highest BCUT2D eigenvalue weighted by Gasteiger charge is 2.18. The Labute approximate surface area is 90.3 Å². The lowest BCUT2D eigenvalue weighted by Crippen LogP contribution is -2.25. The Morgan fingerprint density at radius 2 is 2.29 bits per heavy atom. The van der Waals surface area contributed by atoms with Gasteiger partial charge in [-0.15, -0.1) is 11.8 Å². The lowest BCUT2D eigenvalue weighted by atomic mass is 10.0.